The molecule has 0 aliphatic rings. The number of hydrogen-bond acceptors (Lipinski definition) is 7. The summed E-state index contributed by atoms with van der Waals surface area (Å²) in [6, 6.07) is 10.8. The van der Waals surface area contributed by atoms with Gasteiger partial charge in [-0.1, -0.05) is 12.1 Å². The Morgan fingerprint density at radius 1 is 1.27 bits per heavy atom. The second-order valence-electron chi connectivity index (χ2n) is 5.46. The molecule has 2 aromatic rings. The fourth-order valence-corrected chi connectivity index (χ4v) is 2.70. The molecule has 0 fully saturated rings. The van der Waals surface area contributed by atoms with Crippen LogP contribution in [0.3, 0.4) is 0 Å². The van der Waals surface area contributed by atoms with Crippen LogP contribution < -0.4 is 15.3 Å². The van der Waals surface area contributed by atoms with Crippen molar-refractivity contribution >= 4 is 27.1 Å². The van der Waals surface area contributed by atoms with E-state index < -0.39 is 20.6 Å². The van der Waals surface area contributed by atoms with E-state index in [4.69, 9.17) is 9.88 Å². The molecule has 2 aromatic carbocycles. The maximum Gasteiger partial charge on any atom is 0.295 e. The van der Waals surface area contributed by atoms with Crippen molar-refractivity contribution in [3.63, 3.8) is 0 Å². The molecule has 2 rings (SSSR count). The van der Waals surface area contributed by atoms with Crippen LogP contribution >= 0.6 is 0 Å². The van der Waals surface area contributed by atoms with Crippen molar-refractivity contribution in [1.82, 2.24) is 0 Å². The van der Waals surface area contributed by atoms with E-state index in [0.29, 0.717) is 12.1 Å². The zero-order chi connectivity index (χ0) is 19.3. The number of nitrogens with one attached hydrogen (secondary N) is 1. The van der Waals surface area contributed by atoms with E-state index in [-0.39, 0.29) is 10.6 Å². The lowest BCUT2D eigenvalue weighted by Crippen LogP contribution is -2.12. The molecular weight excluding hydrogens is 360 g/mol. The van der Waals surface area contributed by atoms with Gasteiger partial charge in [0.05, 0.1) is 16.9 Å². The van der Waals surface area contributed by atoms with E-state index in [1.165, 1.54) is 12.1 Å². The molecular formula is C16H18N4O5S. The zero-order valence-electron chi connectivity index (χ0n) is 14.2. The van der Waals surface area contributed by atoms with Gasteiger partial charge in [-0.15, -0.1) is 0 Å². The van der Waals surface area contributed by atoms with Gasteiger partial charge >= 0.3 is 0 Å². The van der Waals surface area contributed by atoms with Crippen LogP contribution in [0, 0.1) is 10.1 Å². The number of anilines is 1. The molecule has 0 bridgehead atoms. The van der Waals surface area contributed by atoms with Gasteiger partial charge in [-0.2, -0.15) is 5.10 Å². The first-order valence-corrected chi connectivity index (χ1v) is 8.98. The lowest BCUT2D eigenvalue weighted by molar-refractivity contribution is -0.384. The molecule has 0 unspecified atom stereocenters. The largest absolute Gasteiger partial charge is 0.497 e. The zero-order valence-corrected chi connectivity index (χ0v) is 15.0. The third kappa shape index (κ3) is 5.01. The first-order chi connectivity index (χ1) is 12.2. The van der Waals surface area contributed by atoms with Gasteiger partial charge in [-0.05, 0) is 36.8 Å². The fourth-order valence-electron chi connectivity index (χ4n) is 2.17. The molecule has 138 valence electrons. The van der Waals surface area contributed by atoms with Crippen LogP contribution in [-0.2, 0) is 16.4 Å². The first-order valence-electron chi connectivity index (χ1n) is 7.44. The molecule has 0 saturated heterocycles. The monoisotopic (exact) mass is 378 g/mol. The minimum absolute atomic E-state index is 0.0662. The van der Waals surface area contributed by atoms with Crippen molar-refractivity contribution < 1.29 is 18.1 Å². The third-order valence-electron chi connectivity index (χ3n) is 3.48. The number of nitro groups is 1. The average Bonchev–Trinajstić information content (AvgIpc) is 2.59. The summed E-state index contributed by atoms with van der Waals surface area (Å²) in [5, 5.41) is 20.3. The van der Waals surface area contributed by atoms with Crippen LogP contribution in [0.15, 0.2) is 52.5 Å². The van der Waals surface area contributed by atoms with Crippen molar-refractivity contribution in [3.05, 3.63) is 58.1 Å². The van der Waals surface area contributed by atoms with Gasteiger partial charge < -0.3 is 4.74 Å². The summed E-state index contributed by atoms with van der Waals surface area (Å²) in [5.41, 5.74) is 3.91. The number of nitrogens with two attached hydrogens (primary N) is 1. The molecule has 0 aromatic heterocycles. The summed E-state index contributed by atoms with van der Waals surface area (Å²) in [7, 11) is -2.45. The van der Waals surface area contributed by atoms with E-state index in [2.05, 4.69) is 10.5 Å². The SMILES string of the molecule is COc1ccc(CC(C)=NNc2ccc(S(N)(=O)=O)cc2[N+](=O)[O-])cc1. The minimum Gasteiger partial charge on any atom is -0.497 e. The number of hydrogen-bond donors (Lipinski definition) is 2. The van der Waals surface area contributed by atoms with Gasteiger partial charge in [0.1, 0.15) is 11.4 Å². The number of methoxy groups -OCH3 is 1. The maximum atomic E-state index is 11.3. The van der Waals surface area contributed by atoms with Crippen LogP contribution in [-0.4, -0.2) is 26.2 Å². The van der Waals surface area contributed by atoms with Gasteiger partial charge in [-0.3, -0.25) is 15.5 Å². The summed E-state index contributed by atoms with van der Waals surface area (Å²) in [4.78, 5) is 10.1. The average molecular weight is 378 g/mol. The number of benzene rings is 2. The molecule has 0 atom stereocenters. The Bertz CT molecular complexity index is 940. The summed E-state index contributed by atoms with van der Waals surface area (Å²) in [6.45, 7) is 1.77. The molecule has 0 saturated carbocycles. The predicted molar refractivity (Wildman–Crippen MR) is 97.9 cm³/mol. The standard InChI is InChI=1S/C16H18N4O5S/c1-11(9-12-3-5-13(25-2)6-4-12)18-19-15-8-7-14(26(17,23)24)10-16(15)20(21)22/h3-8,10,19H,9H2,1-2H3,(H2,17,23,24). The van der Waals surface area contributed by atoms with Gasteiger partial charge in [0.15, 0.2) is 0 Å². The number of primary sulfonamides is 1. The number of hydrazone groups is 1. The second kappa shape index (κ2) is 7.93. The Labute approximate surface area is 150 Å². The van der Waals surface area contributed by atoms with Gasteiger partial charge in [0.25, 0.3) is 5.69 Å². The van der Waals surface area contributed by atoms with E-state index >= 15 is 0 Å². The van der Waals surface area contributed by atoms with Crippen LogP contribution in [0.4, 0.5) is 11.4 Å². The van der Waals surface area contributed by atoms with Gasteiger partial charge in [0.2, 0.25) is 10.0 Å². The number of sulfonamides is 1. The van der Waals surface area contributed by atoms with Gasteiger partial charge in [-0.25, -0.2) is 13.6 Å². The van der Waals surface area contributed by atoms with Crippen molar-refractivity contribution in [1.29, 1.82) is 0 Å². The van der Waals surface area contributed by atoms with E-state index in [0.717, 1.165) is 17.4 Å². The molecule has 10 heteroatoms. The fraction of sp³-hybridized carbons (Fsp3) is 0.188. The van der Waals surface area contributed by atoms with E-state index in [1.54, 1.807) is 14.0 Å². The normalized spacial score (nSPS) is 11.9. The Morgan fingerprint density at radius 3 is 2.46 bits per heavy atom. The number of nitrogens with zero attached hydrogens (tertiary/aromatic N) is 2. The molecule has 9 nitrogen and oxygen atoms in total. The van der Waals surface area contributed by atoms with Crippen LogP contribution in [0.2, 0.25) is 0 Å². The van der Waals surface area contributed by atoms with Crippen molar-refractivity contribution in [2.24, 2.45) is 10.2 Å². The molecule has 0 aliphatic carbocycles. The van der Waals surface area contributed by atoms with Crippen molar-refractivity contribution in [3.8, 4) is 5.75 Å². The first kappa shape index (κ1) is 19.3. The van der Waals surface area contributed by atoms with Gasteiger partial charge in [0, 0.05) is 18.2 Å². The molecule has 0 aliphatic heterocycles. The Kier molecular flexibility index (Phi) is 5.90. The lowest BCUT2D eigenvalue weighted by atomic mass is 10.1. The molecule has 3 N–H and O–H groups in total. The van der Waals surface area contributed by atoms with Crippen molar-refractivity contribution in [2.45, 2.75) is 18.2 Å². The molecule has 26 heavy (non-hydrogen) atoms. The predicted octanol–water partition coefficient (Wildman–Crippen LogP) is 2.28. The third-order valence-corrected chi connectivity index (χ3v) is 4.39. The molecule has 0 heterocycles. The highest BCUT2D eigenvalue weighted by Crippen LogP contribution is 2.27. The Balaban J connectivity index is 2.18. The number of nitro benzene ring substituents is 1. The smallest absolute Gasteiger partial charge is 0.295 e. The highest BCUT2D eigenvalue weighted by molar-refractivity contribution is 7.89. The van der Waals surface area contributed by atoms with E-state index in [1.807, 2.05) is 24.3 Å². The summed E-state index contributed by atoms with van der Waals surface area (Å²) in [6.07, 6.45) is 0.528. The minimum atomic E-state index is -4.03. The highest BCUT2D eigenvalue weighted by Gasteiger charge is 2.18. The quantitative estimate of drug-likeness (QED) is 0.431. The van der Waals surface area contributed by atoms with E-state index in [9.17, 15) is 18.5 Å². The molecule has 0 radical (unpaired) electrons. The molecule has 0 spiro atoms. The lowest BCUT2D eigenvalue weighted by Gasteiger charge is -2.07. The van der Waals surface area contributed by atoms with Crippen molar-refractivity contribution in [2.75, 3.05) is 12.5 Å². The number of rotatable bonds is 7. The topological polar surface area (TPSA) is 137 Å². The molecule has 0 amide bonds. The number of ether oxygens (including phenoxy) is 1. The Hall–Kier alpha value is -2.98. The highest BCUT2D eigenvalue weighted by atomic mass is 32.2. The summed E-state index contributed by atoms with van der Waals surface area (Å²) < 4.78 is 27.8. The second-order valence-corrected chi connectivity index (χ2v) is 7.03. The Morgan fingerprint density at radius 2 is 1.92 bits per heavy atom. The maximum absolute atomic E-state index is 11.3. The summed E-state index contributed by atoms with van der Waals surface area (Å²) in [5.74, 6) is 0.743. The van der Waals surface area contributed by atoms with Crippen LogP contribution in [0.25, 0.3) is 0 Å². The van der Waals surface area contributed by atoms with Crippen LogP contribution in [0.1, 0.15) is 12.5 Å². The van der Waals surface area contributed by atoms with Crippen LogP contribution in [0.5, 0.6) is 5.75 Å². The summed E-state index contributed by atoms with van der Waals surface area (Å²) >= 11 is 0.